The molecule has 1 aliphatic carbocycles. The largest absolute Gasteiger partial charge is 0.435 e. The van der Waals surface area contributed by atoms with Crippen LogP contribution in [0.15, 0.2) is 42.9 Å². The van der Waals surface area contributed by atoms with Gasteiger partial charge in [0.25, 0.3) is 0 Å². The molecule has 2 N–H and O–H groups in total. The standard InChI is InChI=1S/C23H18ClF3N4O3/c1-10(32)22-28-7-11(8-29-22)15-9-31-19(6-16(15)25)30-20-17(33)5-14(21(20)31)13-4-12(24)2-3-18(13)34-23(26)27/h2-4,6-10,14,17,23,32-33H,5H2,1H3. The van der Waals surface area contributed by atoms with Crippen molar-refractivity contribution in [2.75, 3.05) is 0 Å². The Balaban J connectivity index is 1.66. The number of alkyl halides is 2. The van der Waals surface area contributed by atoms with Crippen molar-refractivity contribution < 1.29 is 28.1 Å². The minimum Gasteiger partial charge on any atom is -0.435 e. The van der Waals surface area contributed by atoms with Gasteiger partial charge in [0.1, 0.15) is 23.3 Å². The van der Waals surface area contributed by atoms with Crippen molar-refractivity contribution >= 4 is 17.2 Å². The van der Waals surface area contributed by atoms with E-state index < -0.39 is 30.6 Å². The van der Waals surface area contributed by atoms with E-state index in [0.29, 0.717) is 27.5 Å². The zero-order valence-corrected chi connectivity index (χ0v) is 18.4. The fraction of sp³-hybridized carbons (Fsp3) is 0.261. The third-order valence-corrected chi connectivity index (χ3v) is 6.03. The SMILES string of the molecule is CC(O)c1ncc(-c2cn3c4c(nc3cc2F)C(O)CC4c2cc(Cl)ccc2OC(F)F)cn1. The summed E-state index contributed by atoms with van der Waals surface area (Å²) < 4.78 is 47.3. The van der Waals surface area contributed by atoms with Crippen molar-refractivity contribution in [3.63, 3.8) is 0 Å². The second-order valence-corrected chi connectivity index (χ2v) is 8.45. The summed E-state index contributed by atoms with van der Waals surface area (Å²) in [7, 11) is 0. The van der Waals surface area contributed by atoms with E-state index in [-0.39, 0.29) is 29.2 Å². The van der Waals surface area contributed by atoms with E-state index in [4.69, 9.17) is 16.3 Å². The van der Waals surface area contributed by atoms with Gasteiger partial charge >= 0.3 is 6.61 Å². The monoisotopic (exact) mass is 490 g/mol. The van der Waals surface area contributed by atoms with E-state index in [9.17, 15) is 23.4 Å². The Morgan fingerprint density at radius 2 is 1.94 bits per heavy atom. The highest BCUT2D eigenvalue weighted by Crippen LogP contribution is 2.47. The van der Waals surface area contributed by atoms with Crippen molar-refractivity contribution in [1.82, 2.24) is 19.4 Å². The third-order valence-electron chi connectivity index (χ3n) is 5.80. The Hall–Kier alpha value is -3.21. The van der Waals surface area contributed by atoms with Gasteiger partial charge in [-0.3, -0.25) is 0 Å². The molecule has 0 radical (unpaired) electrons. The van der Waals surface area contributed by atoms with E-state index in [1.807, 2.05) is 0 Å². The maximum Gasteiger partial charge on any atom is 0.387 e. The van der Waals surface area contributed by atoms with Crippen molar-refractivity contribution in [1.29, 1.82) is 0 Å². The van der Waals surface area contributed by atoms with Crippen LogP contribution < -0.4 is 4.74 Å². The molecule has 34 heavy (non-hydrogen) atoms. The zero-order valence-electron chi connectivity index (χ0n) is 17.7. The number of rotatable bonds is 5. The van der Waals surface area contributed by atoms with Crippen LogP contribution in [0.25, 0.3) is 16.8 Å². The zero-order chi connectivity index (χ0) is 24.1. The number of pyridine rings is 1. The summed E-state index contributed by atoms with van der Waals surface area (Å²) in [5, 5.41) is 20.6. The molecule has 1 aliphatic rings. The summed E-state index contributed by atoms with van der Waals surface area (Å²) in [5.41, 5.74) is 1.99. The number of aliphatic hydroxyl groups is 2. The summed E-state index contributed by atoms with van der Waals surface area (Å²) in [6.07, 6.45) is 2.60. The molecule has 7 nitrogen and oxygen atoms in total. The van der Waals surface area contributed by atoms with Gasteiger partial charge in [0.05, 0.1) is 17.5 Å². The number of imidazole rings is 1. The van der Waals surface area contributed by atoms with Crippen molar-refractivity contribution in [2.45, 2.75) is 38.1 Å². The van der Waals surface area contributed by atoms with E-state index >= 15 is 0 Å². The molecule has 0 fully saturated rings. The minimum atomic E-state index is -3.04. The van der Waals surface area contributed by atoms with Crippen LogP contribution in [0.2, 0.25) is 5.02 Å². The first-order valence-corrected chi connectivity index (χ1v) is 10.7. The maximum atomic E-state index is 15.0. The lowest BCUT2D eigenvalue weighted by atomic mass is 9.95. The highest BCUT2D eigenvalue weighted by molar-refractivity contribution is 6.30. The van der Waals surface area contributed by atoms with Crippen LogP contribution in [-0.4, -0.2) is 36.2 Å². The molecule has 0 spiro atoms. The summed E-state index contributed by atoms with van der Waals surface area (Å²) in [4.78, 5) is 12.5. The molecule has 4 aromatic rings. The molecule has 0 aliphatic heterocycles. The molecule has 11 heteroatoms. The van der Waals surface area contributed by atoms with Crippen molar-refractivity contribution in [2.24, 2.45) is 0 Å². The van der Waals surface area contributed by atoms with E-state index in [1.54, 1.807) is 4.40 Å². The number of nitrogens with zero attached hydrogens (tertiary/aromatic N) is 4. The lowest BCUT2D eigenvalue weighted by Crippen LogP contribution is -2.09. The van der Waals surface area contributed by atoms with Crippen LogP contribution in [0.5, 0.6) is 5.75 Å². The van der Waals surface area contributed by atoms with Gasteiger partial charge in [-0.25, -0.2) is 19.3 Å². The minimum absolute atomic E-state index is 0.0659. The molecular weight excluding hydrogens is 473 g/mol. The fourth-order valence-electron chi connectivity index (χ4n) is 4.31. The Labute approximate surface area is 196 Å². The lowest BCUT2D eigenvalue weighted by Gasteiger charge is -2.18. The van der Waals surface area contributed by atoms with E-state index in [0.717, 1.165) is 0 Å². The van der Waals surface area contributed by atoms with Crippen LogP contribution in [-0.2, 0) is 0 Å². The topological polar surface area (TPSA) is 92.8 Å². The van der Waals surface area contributed by atoms with Gasteiger partial charge in [0, 0.05) is 52.3 Å². The molecule has 3 heterocycles. The lowest BCUT2D eigenvalue weighted by molar-refractivity contribution is -0.0506. The highest BCUT2D eigenvalue weighted by Gasteiger charge is 2.38. The van der Waals surface area contributed by atoms with Gasteiger partial charge in [0.15, 0.2) is 5.82 Å². The molecule has 3 unspecified atom stereocenters. The molecule has 1 aromatic carbocycles. The number of halogens is 4. The quantitative estimate of drug-likeness (QED) is 0.417. The van der Waals surface area contributed by atoms with Gasteiger partial charge in [-0.15, -0.1) is 0 Å². The smallest absolute Gasteiger partial charge is 0.387 e. The van der Waals surface area contributed by atoms with Gasteiger partial charge in [-0.2, -0.15) is 8.78 Å². The van der Waals surface area contributed by atoms with Crippen LogP contribution in [0.1, 0.15) is 54.2 Å². The predicted molar refractivity (Wildman–Crippen MR) is 116 cm³/mol. The predicted octanol–water partition coefficient (Wildman–Crippen LogP) is 4.81. The number of fused-ring (bicyclic) bond motifs is 3. The Bertz CT molecular complexity index is 1380. The first-order chi connectivity index (χ1) is 16.2. The van der Waals surface area contributed by atoms with Crippen LogP contribution in [0.3, 0.4) is 0 Å². The molecule has 3 atom stereocenters. The third kappa shape index (κ3) is 3.87. The second kappa shape index (κ2) is 8.53. The maximum absolute atomic E-state index is 15.0. The van der Waals surface area contributed by atoms with Crippen LogP contribution in [0, 0.1) is 5.82 Å². The Kier molecular flexibility index (Phi) is 5.67. The van der Waals surface area contributed by atoms with E-state index in [1.165, 1.54) is 49.8 Å². The first-order valence-electron chi connectivity index (χ1n) is 10.4. The van der Waals surface area contributed by atoms with E-state index in [2.05, 4.69) is 15.0 Å². The number of aromatic nitrogens is 4. The first kappa shape index (κ1) is 22.6. The molecular formula is C23H18ClF3N4O3. The number of hydrogen-bond acceptors (Lipinski definition) is 6. The van der Waals surface area contributed by atoms with Crippen LogP contribution >= 0.6 is 11.6 Å². The molecule has 0 saturated carbocycles. The fourth-order valence-corrected chi connectivity index (χ4v) is 4.49. The molecule has 0 bridgehead atoms. The number of ether oxygens (including phenoxy) is 1. The average molecular weight is 491 g/mol. The Morgan fingerprint density at radius 3 is 2.62 bits per heavy atom. The molecule has 0 amide bonds. The summed E-state index contributed by atoms with van der Waals surface area (Å²) >= 11 is 6.14. The molecule has 5 rings (SSSR count). The van der Waals surface area contributed by atoms with Gasteiger partial charge < -0.3 is 19.4 Å². The molecule has 3 aromatic heterocycles. The number of hydrogen-bond donors (Lipinski definition) is 2. The van der Waals surface area contributed by atoms with Crippen LogP contribution in [0.4, 0.5) is 13.2 Å². The van der Waals surface area contributed by atoms with Gasteiger partial charge in [-0.1, -0.05) is 11.6 Å². The van der Waals surface area contributed by atoms with Crippen molar-refractivity contribution in [3.05, 3.63) is 76.5 Å². The number of benzene rings is 1. The normalized spacial score (nSPS) is 18.5. The summed E-state index contributed by atoms with van der Waals surface area (Å²) in [6.45, 7) is -1.53. The number of aliphatic hydroxyl groups excluding tert-OH is 2. The average Bonchev–Trinajstić information content (AvgIpc) is 3.31. The molecule has 0 saturated heterocycles. The van der Waals surface area contributed by atoms with Crippen molar-refractivity contribution in [3.8, 4) is 16.9 Å². The Morgan fingerprint density at radius 1 is 1.21 bits per heavy atom. The summed E-state index contributed by atoms with van der Waals surface area (Å²) in [6, 6.07) is 5.52. The second-order valence-electron chi connectivity index (χ2n) is 8.02. The molecule has 176 valence electrons. The van der Waals surface area contributed by atoms with Gasteiger partial charge in [-0.05, 0) is 31.5 Å². The van der Waals surface area contributed by atoms with Gasteiger partial charge in [0.2, 0.25) is 0 Å². The summed E-state index contributed by atoms with van der Waals surface area (Å²) in [5.74, 6) is -1.03. The highest BCUT2D eigenvalue weighted by atomic mass is 35.5.